The third-order valence-corrected chi connectivity index (χ3v) is 20.0. The van der Waals surface area contributed by atoms with Crippen molar-refractivity contribution in [3.63, 3.8) is 0 Å². The first-order valence-corrected chi connectivity index (χ1v) is 31.9. The van der Waals surface area contributed by atoms with E-state index in [9.17, 15) is 0 Å². The number of hydrogen-bond donors (Lipinski definition) is 0. The third-order valence-electron chi connectivity index (χ3n) is 20.0. The van der Waals surface area contributed by atoms with Crippen LogP contribution in [0.25, 0.3) is 120 Å². The molecule has 0 saturated heterocycles. The lowest BCUT2D eigenvalue weighted by atomic mass is 9.83. The molecule has 1 atom stereocenters. The number of furan rings is 2. The topological polar surface area (TPSA) is 38.3 Å². The van der Waals surface area contributed by atoms with E-state index in [1.165, 1.54) is 126 Å². The number of para-hydroxylation sites is 5. The van der Waals surface area contributed by atoms with Crippen LogP contribution in [0.5, 0.6) is 0 Å². The van der Waals surface area contributed by atoms with E-state index in [2.05, 4.69) is 303 Å². The minimum Gasteiger partial charge on any atom is -0.455 e. The molecule has 5 heteroatoms. The third kappa shape index (κ3) is 7.79. The van der Waals surface area contributed by atoms with Crippen molar-refractivity contribution in [3.05, 3.63) is 245 Å². The van der Waals surface area contributed by atoms with Crippen molar-refractivity contribution < 1.29 is 8.83 Å². The maximum atomic E-state index is 7.22. The van der Waals surface area contributed by atoms with E-state index >= 15 is 0 Å². The molecule has 6 aromatic heterocycles. The van der Waals surface area contributed by atoms with Crippen LogP contribution in [-0.4, -0.2) is 8.80 Å². The van der Waals surface area contributed by atoms with E-state index in [1.807, 2.05) is 0 Å². The van der Waals surface area contributed by atoms with Crippen molar-refractivity contribution in [1.82, 2.24) is 8.80 Å². The normalized spacial score (nSPS) is 13.6. The Bertz CT molecular complexity index is 5740. The molecule has 0 spiro atoms. The van der Waals surface area contributed by atoms with E-state index in [-0.39, 0.29) is 27.6 Å². The molecule has 0 bridgehead atoms. The highest BCUT2D eigenvalue weighted by molar-refractivity contribution is 6.31. The Labute approximate surface area is 519 Å². The van der Waals surface area contributed by atoms with Crippen molar-refractivity contribution in [2.75, 3.05) is 4.90 Å². The SMILES string of the molecule is CC(C)(C)c1ccc2c(c1)c1c(CC(c3ccccc3)c3cccc4c3oc3c(C(C)(C)C)cccc34)ccc3c4cc5c(cc4n2c31)c1ccc(N(c2ccccc2)c2cccc3c2oc2c(C(C)(C)C)cccc23)c2c3cc(C(C)(C)C)ccc3n5c12. The Morgan fingerprint density at radius 1 is 0.348 bits per heavy atom. The maximum absolute atomic E-state index is 7.22. The van der Waals surface area contributed by atoms with E-state index in [4.69, 9.17) is 8.83 Å². The van der Waals surface area contributed by atoms with Gasteiger partial charge in [-0.15, -0.1) is 0 Å². The molecule has 17 aromatic rings. The zero-order valence-electron chi connectivity index (χ0n) is 53.1. The highest BCUT2D eigenvalue weighted by atomic mass is 16.3. The first-order valence-electron chi connectivity index (χ1n) is 31.9. The minimum atomic E-state index is -0.107. The predicted molar refractivity (Wildman–Crippen MR) is 378 cm³/mol. The second-order valence-corrected chi connectivity index (χ2v) is 29.7. The lowest BCUT2D eigenvalue weighted by Crippen LogP contribution is -2.11. The molecule has 0 saturated carbocycles. The van der Waals surface area contributed by atoms with Crippen LogP contribution < -0.4 is 4.90 Å². The summed E-state index contributed by atoms with van der Waals surface area (Å²) in [6.45, 7) is 27.7. The van der Waals surface area contributed by atoms with Gasteiger partial charge in [0.05, 0.1) is 44.5 Å². The van der Waals surface area contributed by atoms with Gasteiger partial charge in [0.2, 0.25) is 0 Å². The zero-order valence-corrected chi connectivity index (χ0v) is 53.1. The first kappa shape index (κ1) is 53.6. The van der Waals surface area contributed by atoms with Crippen LogP contribution in [0, 0.1) is 0 Å². The van der Waals surface area contributed by atoms with Gasteiger partial charge in [-0.05, 0) is 111 Å². The fourth-order valence-electron chi connectivity index (χ4n) is 15.5. The lowest BCUT2D eigenvalue weighted by molar-refractivity contribution is 0.571. The molecule has 0 fully saturated rings. The van der Waals surface area contributed by atoms with Crippen LogP contribution >= 0.6 is 0 Å². The summed E-state index contributed by atoms with van der Waals surface area (Å²) >= 11 is 0. The highest BCUT2D eigenvalue weighted by Gasteiger charge is 2.32. The van der Waals surface area contributed by atoms with Gasteiger partial charge in [0.25, 0.3) is 0 Å². The van der Waals surface area contributed by atoms with E-state index in [1.54, 1.807) is 0 Å². The molecule has 1 unspecified atom stereocenters. The van der Waals surface area contributed by atoms with Gasteiger partial charge in [-0.3, -0.25) is 0 Å². The fourth-order valence-corrected chi connectivity index (χ4v) is 15.5. The first-order chi connectivity index (χ1) is 42.7. The summed E-state index contributed by atoms with van der Waals surface area (Å²) in [4.78, 5) is 2.46. The highest BCUT2D eigenvalue weighted by Crippen LogP contribution is 2.53. The van der Waals surface area contributed by atoms with Crippen molar-refractivity contribution in [3.8, 4) is 0 Å². The van der Waals surface area contributed by atoms with Crippen LogP contribution in [0.3, 0.4) is 0 Å². The zero-order chi connectivity index (χ0) is 60.9. The van der Waals surface area contributed by atoms with E-state index in [0.717, 1.165) is 56.6 Å². The van der Waals surface area contributed by atoms with E-state index in [0.29, 0.717) is 0 Å². The van der Waals surface area contributed by atoms with E-state index < -0.39 is 0 Å². The second-order valence-electron chi connectivity index (χ2n) is 29.7. The number of nitrogens with zero attached hydrogens (tertiary/aromatic N) is 3. The monoisotopic (exact) mass is 1160 g/mol. The molecule has 11 aromatic carbocycles. The van der Waals surface area contributed by atoms with Crippen LogP contribution in [0.15, 0.2) is 215 Å². The molecule has 436 valence electrons. The number of hydrogen-bond acceptors (Lipinski definition) is 3. The lowest BCUT2D eigenvalue weighted by Gasteiger charge is -2.26. The molecule has 0 aliphatic heterocycles. The van der Waals surface area contributed by atoms with Crippen molar-refractivity contribution in [1.29, 1.82) is 0 Å². The number of anilines is 3. The summed E-state index contributed by atoms with van der Waals surface area (Å²) in [6, 6.07) is 78.0. The molecule has 17 rings (SSSR count). The number of aromatic nitrogens is 2. The van der Waals surface area contributed by atoms with Gasteiger partial charge in [0.1, 0.15) is 16.7 Å². The Balaban J connectivity index is 0.926. The van der Waals surface area contributed by atoms with Crippen molar-refractivity contribution >= 4 is 137 Å². The molecule has 5 nitrogen and oxygen atoms in total. The van der Waals surface area contributed by atoms with Gasteiger partial charge in [-0.1, -0.05) is 229 Å². The van der Waals surface area contributed by atoms with Gasteiger partial charge in [0, 0.05) is 92.9 Å². The molecular weight excluding hydrogens is 1080 g/mol. The number of rotatable bonds is 7. The van der Waals surface area contributed by atoms with Crippen molar-refractivity contribution in [2.24, 2.45) is 0 Å². The van der Waals surface area contributed by atoms with Crippen LogP contribution in [0.1, 0.15) is 128 Å². The molecular formula is C84H73N3O2. The molecule has 0 aliphatic rings. The minimum absolute atomic E-state index is 0.0131. The smallest absolute Gasteiger partial charge is 0.159 e. The maximum Gasteiger partial charge on any atom is 0.159 e. The predicted octanol–water partition coefficient (Wildman–Crippen LogP) is 23.8. The summed E-state index contributed by atoms with van der Waals surface area (Å²) in [7, 11) is 0. The summed E-state index contributed by atoms with van der Waals surface area (Å²) in [6.07, 6.45) is 0.789. The summed E-state index contributed by atoms with van der Waals surface area (Å²) < 4.78 is 19.6. The molecule has 0 N–H and O–H groups in total. The van der Waals surface area contributed by atoms with Crippen LogP contribution in [0.4, 0.5) is 17.1 Å². The Hall–Kier alpha value is -9.58. The average Bonchev–Trinajstić information content (AvgIpc) is 1.56. The molecule has 6 heterocycles. The van der Waals surface area contributed by atoms with Gasteiger partial charge in [-0.2, -0.15) is 0 Å². The summed E-state index contributed by atoms with van der Waals surface area (Å²) in [5.41, 5.74) is 22.9. The number of fused-ring (bicyclic) bond motifs is 18. The van der Waals surface area contributed by atoms with Crippen molar-refractivity contribution in [2.45, 2.75) is 117 Å². The Morgan fingerprint density at radius 2 is 0.831 bits per heavy atom. The Morgan fingerprint density at radius 3 is 1.39 bits per heavy atom. The molecule has 0 aliphatic carbocycles. The quantitative estimate of drug-likeness (QED) is 0.160. The van der Waals surface area contributed by atoms with Crippen LogP contribution in [0.2, 0.25) is 0 Å². The van der Waals surface area contributed by atoms with Gasteiger partial charge in [0.15, 0.2) is 5.58 Å². The summed E-state index contributed by atoms with van der Waals surface area (Å²) in [5, 5.41) is 14.7. The number of benzene rings is 11. The van der Waals surface area contributed by atoms with Gasteiger partial charge in [-0.25, -0.2) is 0 Å². The molecule has 0 radical (unpaired) electrons. The standard InChI is InChI=1S/C84H73N3O2/c1-81(2,3)50-36-40-67-63(44-50)73-49(43-60(48-23-15-13-16-24-48)59-28-19-27-55-56-29-20-32-65(83(7,8)9)78(56)88-77(55)59)35-38-53-61-46-72-62(47-71(61)86(67)75(53)73)54-39-42-69(74-64-45-51(82(4,5)6)37-41-68(64)87(72)76(54)74)85(52-25-17-14-18-26-52)70-34-22-31-58-57-30-21-33-66(84(10,11)12)79(57)89-80(58)70/h13-42,44-47,60H,43H2,1-12H3. The second kappa shape index (κ2) is 18.5. The fraction of sp³-hybridized carbons (Fsp3) is 0.214. The van der Waals surface area contributed by atoms with Crippen LogP contribution in [-0.2, 0) is 28.1 Å². The van der Waals surface area contributed by atoms with Gasteiger partial charge < -0.3 is 22.5 Å². The van der Waals surface area contributed by atoms with Gasteiger partial charge >= 0.3 is 0 Å². The summed E-state index contributed by atoms with van der Waals surface area (Å²) in [5.74, 6) is 0.0131. The largest absolute Gasteiger partial charge is 0.455 e. The average molecular weight is 1160 g/mol. The molecule has 89 heavy (non-hydrogen) atoms. The Kier molecular flexibility index (Phi) is 11.1. The molecule has 0 amide bonds.